The topological polar surface area (TPSA) is 35.1 Å². The molecule has 0 saturated heterocycles. The number of hydrogen-bond donors (Lipinski definition) is 1. The van der Waals surface area contributed by atoms with E-state index in [4.69, 9.17) is 9.47 Å². The summed E-state index contributed by atoms with van der Waals surface area (Å²) in [5.41, 5.74) is 2.68. The van der Waals surface area contributed by atoms with Crippen molar-refractivity contribution >= 4 is 0 Å². The van der Waals surface area contributed by atoms with Crippen molar-refractivity contribution in [3.05, 3.63) is 59.7 Å². The fourth-order valence-electron chi connectivity index (χ4n) is 2.91. The second-order valence-corrected chi connectivity index (χ2v) is 6.31. The molecule has 0 amide bonds. The molecule has 0 aliphatic carbocycles. The molecular formula is C21H30NO2+. The largest absolute Gasteiger partial charge is 0.497 e. The zero-order chi connectivity index (χ0) is 17.2. The van der Waals surface area contributed by atoms with Crippen molar-refractivity contribution in [3.63, 3.8) is 0 Å². The third-order valence-electron chi connectivity index (χ3n) is 4.44. The lowest BCUT2D eigenvalue weighted by atomic mass is 10.1. The molecule has 0 saturated carbocycles. The Balaban J connectivity index is 1.69. The molecule has 2 aromatic rings. The average Bonchev–Trinajstić information content (AvgIpc) is 2.64. The number of methoxy groups -OCH3 is 2. The summed E-state index contributed by atoms with van der Waals surface area (Å²) in [5.74, 6) is 1.77. The highest BCUT2D eigenvalue weighted by Crippen LogP contribution is 2.25. The van der Waals surface area contributed by atoms with Crippen LogP contribution in [0.1, 0.15) is 30.9 Å². The number of ether oxygens (including phenoxy) is 2. The van der Waals surface area contributed by atoms with Gasteiger partial charge in [0.05, 0.1) is 26.8 Å². The Morgan fingerprint density at radius 2 is 1.75 bits per heavy atom. The molecule has 3 nitrogen and oxygen atoms in total. The molecule has 0 aliphatic heterocycles. The Labute approximate surface area is 146 Å². The van der Waals surface area contributed by atoms with Gasteiger partial charge in [-0.25, -0.2) is 0 Å². The van der Waals surface area contributed by atoms with Crippen LogP contribution in [0.4, 0.5) is 0 Å². The van der Waals surface area contributed by atoms with Crippen LogP contribution in [-0.2, 0) is 12.8 Å². The summed E-state index contributed by atoms with van der Waals surface area (Å²) in [6, 6.07) is 17.5. The van der Waals surface area contributed by atoms with Crippen LogP contribution in [0.5, 0.6) is 11.5 Å². The fourth-order valence-corrected chi connectivity index (χ4v) is 2.91. The quantitative estimate of drug-likeness (QED) is 0.680. The molecule has 0 aromatic heterocycles. The number of rotatable bonds is 10. The third-order valence-corrected chi connectivity index (χ3v) is 4.44. The van der Waals surface area contributed by atoms with E-state index in [2.05, 4.69) is 48.6 Å². The number of aryl methyl sites for hydroxylation is 2. The highest BCUT2D eigenvalue weighted by molar-refractivity contribution is 5.40. The second-order valence-electron chi connectivity index (χ2n) is 6.31. The van der Waals surface area contributed by atoms with Crippen LogP contribution < -0.4 is 14.8 Å². The zero-order valence-electron chi connectivity index (χ0n) is 15.1. The minimum atomic E-state index is 0.656. The van der Waals surface area contributed by atoms with Crippen LogP contribution in [0.3, 0.4) is 0 Å². The van der Waals surface area contributed by atoms with Crippen molar-refractivity contribution in [1.29, 1.82) is 0 Å². The molecule has 0 fully saturated rings. The number of hydrogen-bond acceptors (Lipinski definition) is 2. The van der Waals surface area contributed by atoms with Gasteiger partial charge in [-0.05, 0) is 37.0 Å². The second kappa shape index (κ2) is 9.99. The molecule has 2 rings (SSSR count). The first kappa shape index (κ1) is 18.3. The van der Waals surface area contributed by atoms with E-state index in [0.717, 1.165) is 37.3 Å². The van der Waals surface area contributed by atoms with E-state index in [1.165, 1.54) is 17.5 Å². The summed E-state index contributed by atoms with van der Waals surface area (Å²) in [6.45, 7) is 3.46. The van der Waals surface area contributed by atoms with E-state index in [0.29, 0.717) is 6.04 Å². The van der Waals surface area contributed by atoms with Crippen LogP contribution in [0, 0.1) is 0 Å². The normalized spacial score (nSPS) is 12.0. The van der Waals surface area contributed by atoms with Crippen molar-refractivity contribution < 1.29 is 14.8 Å². The molecule has 2 aromatic carbocycles. The maximum atomic E-state index is 5.46. The van der Waals surface area contributed by atoms with Gasteiger partial charge in [-0.2, -0.15) is 0 Å². The van der Waals surface area contributed by atoms with Crippen molar-refractivity contribution in [3.8, 4) is 11.5 Å². The first-order valence-electron chi connectivity index (χ1n) is 8.81. The van der Waals surface area contributed by atoms with Crippen LogP contribution in [0.15, 0.2) is 48.5 Å². The third kappa shape index (κ3) is 5.89. The monoisotopic (exact) mass is 328 g/mol. The van der Waals surface area contributed by atoms with Crippen LogP contribution in [0.2, 0.25) is 0 Å². The van der Waals surface area contributed by atoms with E-state index >= 15 is 0 Å². The molecule has 0 radical (unpaired) electrons. The Kier molecular flexibility index (Phi) is 7.63. The minimum Gasteiger partial charge on any atom is -0.497 e. The van der Waals surface area contributed by atoms with Gasteiger partial charge in [-0.1, -0.05) is 36.4 Å². The lowest BCUT2D eigenvalue weighted by molar-refractivity contribution is -0.686. The minimum absolute atomic E-state index is 0.656. The van der Waals surface area contributed by atoms with Gasteiger partial charge in [-0.15, -0.1) is 0 Å². The van der Waals surface area contributed by atoms with Gasteiger partial charge in [0.2, 0.25) is 0 Å². The van der Waals surface area contributed by atoms with E-state index < -0.39 is 0 Å². The van der Waals surface area contributed by atoms with Gasteiger partial charge >= 0.3 is 0 Å². The number of benzene rings is 2. The maximum absolute atomic E-state index is 5.46. The zero-order valence-corrected chi connectivity index (χ0v) is 15.1. The van der Waals surface area contributed by atoms with Crippen LogP contribution in [0.25, 0.3) is 0 Å². The molecule has 130 valence electrons. The lowest BCUT2D eigenvalue weighted by Gasteiger charge is -2.12. The van der Waals surface area contributed by atoms with Gasteiger partial charge < -0.3 is 14.8 Å². The summed E-state index contributed by atoms with van der Waals surface area (Å²) in [5, 5.41) is 2.46. The predicted octanol–water partition coefficient (Wildman–Crippen LogP) is 3.22. The number of nitrogens with two attached hydrogens (primary N) is 1. The van der Waals surface area contributed by atoms with Gasteiger partial charge in [0.15, 0.2) is 0 Å². The fraction of sp³-hybridized carbons (Fsp3) is 0.429. The smallest absolute Gasteiger partial charge is 0.125 e. The molecule has 0 spiro atoms. The summed E-state index contributed by atoms with van der Waals surface area (Å²) in [7, 11) is 3.40. The molecule has 1 unspecified atom stereocenters. The summed E-state index contributed by atoms with van der Waals surface area (Å²) in [6.07, 6.45) is 4.56. The van der Waals surface area contributed by atoms with Gasteiger partial charge in [0.25, 0.3) is 0 Å². The highest BCUT2D eigenvalue weighted by Gasteiger charge is 2.08. The molecular weight excluding hydrogens is 298 g/mol. The van der Waals surface area contributed by atoms with E-state index in [-0.39, 0.29) is 0 Å². The summed E-state index contributed by atoms with van der Waals surface area (Å²) < 4.78 is 10.7. The predicted molar refractivity (Wildman–Crippen MR) is 98.9 cm³/mol. The Morgan fingerprint density at radius 1 is 0.958 bits per heavy atom. The first-order valence-corrected chi connectivity index (χ1v) is 8.81. The van der Waals surface area contributed by atoms with E-state index in [9.17, 15) is 0 Å². The lowest BCUT2D eigenvalue weighted by Crippen LogP contribution is -2.89. The molecule has 24 heavy (non-hydrogen) atoms. The van der Waals surface area contributed by atoms with E-state index in [1.54, 1.807) is 14.2 Å². The van der Waals surface area contributed by atoms with Crippen molar-refractivity contribution in [1.82, 2.24) is 0 Å². The Hall–Kier alpha value is -2.00. The molecule has 3 heteroatoms. The summed E-state index contributed by atoms with van der Waals surface area (Å²) >= 11 is 0. The van der Waals surface area contributed by atoms with Crippen molar-refractivity contribution in [2.75, 3.05) is 20.8 Å². The SMILES string of the molecule is COc1ccc(CCC[NH2+]C(C)CCc2ccccc2)c(OC)c1. The van der Waals surface area contributed by atoms with Crippen LogP contribution in [-0.4, -0.2) is 26.8 Å². The standard InChI is InChI=1S/C21H29NO2/c1-17(11-12-18-8-5-4-6-9-18)22-15-7-10-19-13-14-20(23-2)16-21(19)24-3/h4-6,8-9,13-14,16-17,22H,7,10-12,15H2,1-3H3/p+1. The molecule has 1 atom stereocenters. The highest BCUT2D eigenvalue weighted by atomic mass is 16.5. The van der Waals surface area contributed by atoms with Gasteiger partial charge in [-0.3, -0.25) is 0 Å². The molecule has 0 bridgehead atoms. The maximum Gasteiger partial charge on any atom is 0.125 e. The summed E-state index contributed by atoms with van der Waals surface area (Å²) in [4.78, 5) is 0. The Morgan fingerprint density at radius 3 is 2.46 bits per heavy atom. The van der Waals surface area contributed by atoms with E-state index in [1.807, 2.05) is 12.1 Å². The molecule has 0 heterocycles. The van der Waals surface area contributed by atoms with Crippen molar-refractivity contribution in [2.45, 2.75) is 38.6 Å². The van der Waals surface area contributed by atoms with Gasteiger partial charge in [0, 0.05) is 18.9 Å². The molecule has 2 N–H and O–H groups in total. The van der Waals surface area contributed by atoms with Crippen molar-refractivity contribution in [2.24, 2.45) is 0 Å². The average molecular weight is 328 g/mol. The Bertz CT molecular complexity index is 598. The van der Waals surface area contributed by atoms with Crippen LogP contribution >= 0.6 is 0 Å². The first-order chi connectivity index (χ1) is 11.7. The number of quaternary nitrogens is 1. The molecule has 0 aliphatic rings. The van der Waals surface area contributed by atoms with Gasteiger partial charge in [0.1, 0.15) is 11.5 Å².